The van der Waals surface area contributed by atoms with Crippen LogP contribution in [-0.2, 0) is 11.0 Å². The van der Waals surface area contributed by atoms with E-state index in [2.05, 4.69) is 5.32 Å². The molecular formula is C18H18F3N3O4. The number of carbonyl (C=O) groups is 1. The van der Waals surface area contributed by atoms with E-state index in [9.17, 15) is 28.1 Å². The first-order valence-corrected chi connectivity index (χ1v) is 8.20. The summed E-state index contributed by atoms with van der Waals surface area (Å²) in [6.07, 6.45) is -4.70. The van der Waals surface area contributed by atoms with E-state index in [1.54, 1.807) is 31.2 Å². The normalized spacial score (nSPS) is 11.0. The van der Waals surface area contributed by atoms with Gasteiger partial charge in [-0.1, -0.05) is 0 Å². The SMILES string of the molecule is CCN(CC(=O)Nc1ccc(OC)cc1)c1ccc(C(F)(F)F)cc1[N+](=O)[O-]. The van der Waals surface area contributed by atoms with Gasteiger partial charge in [0, 0.05) is 18.3 Å². The number of halogens is 3. The second-order valence-corrected chi connectivity index (χ2v) is 5.75. The minimum atomic E-state index is -4.70. The number of benzene rings is 2. The molecule has 150 valence electrons. The molecule has 0 saturated carbocycles. The van der Waals surface area contributed by atoms with Gasteiger partial charge in [0.2, 0.25) is 5.91 Å². The highest BCUT2D eigenvalue weighted by Crippen LogP contribution is 2.36. The zero-order valence-electron chi connectivity index (χ0n) is 15.1. The molecule has 2 aromatic carbocycles. The summed E-state index contributed by atoms with van der Waals surface area (Å²) in [7, 11) is 1.50. The molecule has 0 bridgehead atoms. The molecule has 7 nitrogen and oxygen atoms in total. The van der Waals surface area contributed by atoms with Crippen LogP contribution in [0.3, 0.4) is 0 Å². The van der Waals surface area contributed by atoms with Crippen molar-refractivity contribution in [2.75, 3.05) is 30.4 Å². The number of nitro groups is 1. The molecule has 0 aliphatic rings. The fraction of sp³-hybridized carbons (Fsp3) is 0.278. The zero-order chi connectivity index (χ0) is 20.9. The van der Waals surface area contributed by atoms with E-state index in [-0.39, 0.29) is 18.8 Å². The minimum absolute atomic E-state index is 0.0645. The third-order valence-electron chi connectivity index (χ3n) is 3.93. The molecule has 1 N–H and O–H groups in total. The molecule has 1 amide bonds. The van der Waals surface area contributed by atoms with E-state index in [4.69, 9.17) is 4.74 Å². The van der Waals surface area contributed by atoms with Crippen molar-refractivity contribution in [3.63, 3.8) is 0 Å². The Labute approximate surface area is 158 Å². The van der Waals surface area contributed by atoms with Gasteiger partial charge in [0.05, 0.1) is 24.1 Å². The number of likely N-dealkylation sites (N-methyl/N-ethyl adjacent to an activating group) is 1. The lowest BCUT2D eigenvalue weighted by atomic mass is 10.1. The van der Waals surface area contributed by atoms with Crippen LogP contribution in [0.15, 0.2) is 42.5 Å². The summed E-state index contributed by atoms with van der Waals surface area (Å²) in [5.74, 6) is 0.134. The molecule has 0 spiro atoms. The van der Waals surface area contributed by atoms with Gasteiger partial charge in [0.1, 0.15) is 11.4 Å². The predicted molar refractivity (Wildman–Crippen MR) is 97.6 cm³/mol. The van der Waals surface area contributed by atoms with Crippen LogP contribution in [-0.4, -0.2) is 31.0 Å². The summed E-state index contributed by atoms with van der Waals surface area (Å²) in [5.41, 5.74) is -1.41. The highest BCUT2D eigenvalue weighted by molar-refractivity contribution is 5.94. The third-order valence-corrected chi connectivity index (χ3v) is 3.93. The van der Waals surface area contributed by atoms with Gasteiger partial charge in [0.25, 0.3) is 5.69 Å². The maximum atomic E-state index is 12.8. The van der Waals surface area contributed by atoms with Crippen molar-refractivity contribution < 1.29 is 27.6 Å². The van der Waals surface area contributed by atoms with Crippen molar-refractivity contribution in [1.82, 2.24) is 0 Å². The van der Waals surface area contributed by atoms with Crippen LogP contribution >= 0.6 is 0 Å². The number of nitrogens with one attached hydrogen (secondary N) is 1. The quantitative estimate of drug-likeness (QED) is 0.562. The van der Waals surface area contributed by atoms with E-state index in [1.165, 1.54) is 12.0 Å². The lowest BCUT2D eigenvalue weighted by Crippen LogP contribution is -2.33. The number of rotatable bonds is 7. The van der Waals surface area contributed by atoms with Crippen molar-refractivity contribution in [2.24, 2.45) is 0 Å². The Morgan fingerprint density at radius 1 is 1.21 bits per heavy atom. The summed E-state index contributed by atoms with van der Waals surface area (Å²) in [5, 5.41) is 13.9. The minimum Gasteiger partial charge on any atom is -0.497 e. The van der Waals surface area contributed by atoms with Gasteiger partial charge >= 0.3 is 6.18 Å². The Kier molecular flexibility index (Phi) is 6.45. The van der Waals surface area contributed by atoms with Crippen LogP contribution in [0.5, 0.6) is 5.75 Å². The van der Waals surface area contributed by atoms with Gasteiger partial charge in [-0.05, 0) is 43.3 Å². The first kappa shape index (κ1) is 21.0. The summed E-state index contributed by atoms with van der Waals surface area (Å²) in [6, 6.07) is 8.76. The van der Waals surface area contributed by atoms with Gasteiger partial charge in [-0.15, -0.1) is 0 Å². The molecule has 2 rings (SSSR count). The number of alkyl halides is 3. The molecule has 10 heteroatoms. The largest absolute Gasteiger partial charge is 0.497 e. The van der Waals surface area contributed by atoms with Gasteiger partial charge in [-0.25, -0.2) is 0 Å². The Hall–Kier alpha value is -3.30. The number of hydrogen-bond acceptors (Lipinski definition) is 5. The van der Waals surface area contributed by atoms with Crippen LogP contribution in [0.2, 0.25) is 0 Å². The highest BCUT2D eigenvalue weighted by atomic mass is 19.4. The summed E-state index contributed by atoms with van der Waals surface area (Å²) in [6.45, 7) is 1.55. The Balaban J connectivity index is 2.21. The fourth-order valence-electron chi connectivity index (χ4n) is 2.53. The fourth-order valence-corrected chi connectivity index (χ4v) is 2.53. The summed E-state index contributed by atoms with van der Waals surface area (Å²) in [4.78, 5) is 24.0. The van der Waals surface area contributed by atoms with Gasteiger partial charge in [-0.2, -0.15) is 13.2 Å². The van der Waals surface area contributed by atoms with Crippen LogP contribution in [0.1, 0.15) is 12.5 Å². The Morgan fingerprint density at radius 2 is 1.86 bits per heavy atom. The van der Waals surface area contributed by atoms with E-state index in [0.29, 0.717) is 17.5 Å². The van der Waals surface area contributed by atoms with Gasteiger partial charge < -0.3 is 15.0 Å². The monoisotopic (exact) mass is 397 g/mol. The average Bonchev–Trinajstić information content (AvgIpc) is 2.65. The number of nitro benzene ring substituents is 1. The lowest BCUT2D eigenvalue weighted by molar-refractivity contribution is -0.384. The van der Waals surface area contributed by atoms with E-state index < -0.39 is 28.3 Å². The van der Waals surface area contributed by atoms with Gasteiger partial charge in [0.15, 0.2) is 0 Å². The molecule has 0 atom stereocenters. The molecule has 0 fully saturated rings. The first-order chi connectivity index (χ1) is 13.2. The molecule has 0 aromatic heterocycles. The standard InChI is InChI=1S/C18H18F3N3O4/c1-3-23(11-17(25)22-13-5-7-14(28-2)8-6-13)15-9-4-12(18(19,20)21)10-16(15)24(26)27/h4-10H,3,11H2,1-2H3,(H,22,25). The first-order valence-electron chi connectivity index (χ1n) is 8.20. The molecule has 0 radical (unpaired) electrons. The summed E-state index contributed by atoms with van der Waals surface area (Å²) >= 11 is 0. The molecular weight excluding hydrogens is 379 g/mol. The van der Waals surface area contributed by atoms with Crippen molar-refractivity contribution in [2.45, 2.75) is 13.1 Å². The number of nitrogens with zero attached hydrogens (tertiary/aromatic N) is 2. The van der Waals surface area contributed by atoms with E-state index >= 15 is 0 Å². The van der Waals surface area contributed by atoms with Crippen LogP contribution in [0.25, 0.3) is 0 Å². The van der Waals surface area contributed by atoms with Crippen LogP contribution in [0.4, 0.5) is 30.2 Å². The number of methoxy groups -OCH3 is 1. The molecule has 0 heterocycles. The average molecular weight is 397 g/mol. The number of anilines is 2. The molecule has 0 unspecified atom stereocenters. The number of ether oxygens (including phenoxy) is 1. The Morgan fingerprint density at radius 3 is 2.36 bits per heavy atom. The zero-order valence-corrected chi connectivity index (χ0v) is 15.1. The number of hydrogen-bond donors (Lipinski definition) is 1. The van der Waals surface area contributed by atoms with Crippen molar-refractivity contribution >= 4 is 23.0 Å². The number of amides is 1. The molecule has 0 aliphatic heterocycles. The molecule has 0 saturated heterocycles. The van der Waals surface area contributed by atoms with Crippen LogP contribution in [0, 0.1) is 10.1 Å². The van der Waals surface area contributed by atoms with Crippen molar-refractivity contribution in [3.8, 4) is 5.75 Å². The number of carbonyl (C=O) groups excluding carboxylic acids is 1. The summed E-state index contributed by atoms with van der Waals surface area (Å²) < 4.78 is 43.5. The molecule has 0 aliphatic carbocycles. The maximum Gasteiger partial charge on any atom is 0.416 e. The van der Waals surface area contributed by atoms with E-state index in [1.807, 2.05) is 0 Å². The maximum absolute atomic E-state index is 12.8. The molecule has 28 heavy (non-hydrogen) atoms. The smallest absolute Gasteiger partial charge is 0.416 e. The second kappa shape index (κ2) is 8.59. The molecule has 2 aromatic rings. The van der Waals surface area contributed by atoms with Crippen LogP contribution < -0.4 is 15.0 Å². The highest BCUT2D eigenvalue weighted by Gasteiger charge is 2.33. The van der Waals surface area contributed by atoms with Gasteiger partial charge in [-0.3, -0.25) is 14.9 Å². The predicted octanol–water partition coefficient (Wildman–Crippen LogP) is 4.09. The second-order valence-electron chi connectivity index (χ2n) is 5.75. The lowest BCUT2D eigenvalue weighted by Gasteiger charge is -2.23. The van der Waals surface area contributed by atoms with E-state index in [0.717, 1.165) is 12.1 Å². The third kappa shape index (κ3) is 5.12. The Bertz CT molecular complexity index is 854. The van der Waals surface area contributed by atoms with Crippen molar-refractivity contribution in [3.05, 3.63) is 58.1 Å². The van der Waals surface area contributed by atoms with Crippen molar-refractivity contribution in [1.29, 1.82) is 0 Å². The topological polar surface area (TPSA) is 84.7 Å².